The molecule has 0 aromatic heterocycles. The van der Waals surface area contributed by atoms with Crippen LogP contribution in [0.2, 0.25) is 0 Å². The third-order valence-corrected chi connectivity index (χ3v) is 4.23. The number of anilines is 1. The predicted octanol–water partition coefficient (Wildman–Crippen LogP) is 1.79. The molecule has 3 rings (SSSR count). The number of hydrogen-bond donors (Lipinski definition) is 3. The van der Waals surface area contributed by atoms with Crippen LogP contribution >= 0.6 is 0 Å². The molecule has 0 radical (unpaired) electrons. The molecule has 1 heterocycles. The molecule has 2 aromatic carbocycles. The lowest BCUT2D eigenvalue weighted by atomic mass is 10.2. The maximum absolute atomic E-state index is 13.6. The Hall–Kier alpha value is -4.02. The highest BCUT2D eigenvalue weighted by atomic mass is 19.1. The number of ether oxygens (including phenoxy) is 2. The fraction of sp³-hybridized carbons (Fsp3) is 0.200. The highest BCUT2D eigenvalue weighted by molar-refractivity contribution is 6.07. The van der Waals surface area contributed by atoms with Crippen LogP contribution in [0.1, 0.15) is 12.0 Å². The molecule has 1 atom stereocenters. The van der Waals surface area contributed by atoms with Gasteiger partial charge < -0.3 is 14.8 Å². The van der Waals surface area contributed by atoms with Crippen LogP contribution < -0.4 is 25.5 Å². The first-order valence-corrected chi connectivity index (χ1v) is 9.05. The third-order valence-electron chi connectivity index (χ3n) is 4.23. The number of hydrogen-bond acceptors (Lipinski definition) is 7. The Morgan fingerprint density at radius 3 is 2.58 bits per heavy atom. The van der Waals surface area contributed by atoms with Crippen molar-refractivity contribution in [3.63, 3.8) is 0 Å². The summed E-state index contributed by atoms with van der Waals surface area (Å²) in [7, 11) is 3.04. The number of nitrogens with zero attached hydrogens (tertiary/aromatic N) is 2. The molecule has 0 bridgehead atoms. The molecule has 0 fully saturated rings. The van der Waals surface area contributed by atoms with Crippen LogP contribution in [0.5, 0.6) is 11.5 Å². The number of methoxy groups -OCH3 is 2. The van der Waals surface area contributed by atoms with E-state index >= 15 is 0 Å². The van der Waals surface area contributed by atoms with Crippen LogP contribution in [0, 0.1) is 11.6 Å². The summed E-state index contributed by atoms with van der Waals surface area (Å²) in [4.78, 5) is 28.1. The van der Waals surface area contributed by atoms with E-state index in [1.54, 1.807) is 18.2 Å². The van der Waals surface area contributed by atoms with Crippen LogP contribution in [-0.2, 0) is 9.59 Å². The average Bonchev–Trinajstić information content (AvgIpc) is 3.09. The second kappa shape index (κ2) is 9.65. The van der Waals surface area contributed by atoms with Crippen molar-refractivity contribution in [3.8, 4) is 11.5 Å². The maximum atomic E-state index is 13.6. The van der Waals surface area contributed by atoms with E-state index in [0.717, 1.165) is 12.1 Å². The van der Waals surface area contributed by atoms with Gasteiger partial charge in [-0.15, -0.1) is 0 Å². The molecule has 0 spiro atoms. The Morgan fingerprint density at radius 2 is 1.90 bits per heavy atom. The molecule has 162 valence electrons. The molecule has 9 nitrogen and oxygen atoms in total. The van der Waals surface area contributed by atoms with Crippen molar-refractivity contribution in [2.24, 2.45) is 10.1 Å². The van der Waals surface area contributed by atoms with Crippen LogP contribution in [0.25, 0.3) is 0 Å². The van der Waals surface area contributed by atoms with Gasteiger partial charge >= 0.3 is 0 Å². The molecular formula is C20H19F2N5O4. The Labute approximate surface area is 176 Å². The van der Waals surface area contributed by atoms with Crippen LogP contribution in [0.4, 0.5) is 14.5 Å². The number of benzene rings is 2. The van der Waals surface area contributed by atoms with E-state index in [4.69, 9.17) is 9.47 Å². The highest BCUT2D eigenvalue weighted by Gasteiger charge is 2.29. The summed E-state index contributed by atoms with van der Waals surface area (Å²) in [6, 6.07) is 7.30. The largest absolute Gasteiger partial charge is 0.493 e. The van der Waals surface area contributed by atoms with Gasteiger partial charge in [0.2, 0.25) is 11.9 Å². The van der Waals surface area contributed by atoms with Gasteiger partial charge in [0.25, 0.3) is 5.91 Å². The van der Waals surface area contributed by atoms with E-state index in [0.29, 0.717) is 17.1 Å². The summed E-state index contributed by atoms with van der Waals surface area (Å²) in [6.45, 7) is 0. The van der Waals surface area contributed by atoms with Crippen LogP contribution in [-0.4, -0.2) is 44.2 Å². The molecule has 0 saturated carbocycles. The summed E-state index contributed by atoms with van der Waals surface area (Å²) in [6.07, 6.45) is 1.07. The van der Waals surface area contributed by atoms with Crippen LogP contribution in [0.15, 0.2) is 46.5 Å². The Kier molecular flexibility index (Phi) is 6.75. The molecule has 11 heteroatoms. The Morgan fingerprint density at radius 1 is 1.19 bits per heavy atom. The molecule has 3 N–H and O–H groups in total. The molecule has 0 saturated heterocycles. The van der Waals surface area contributed by atoms with Gasteiger partial charge in [-0.05, 0) is 35.9 Å². The first-order valence-electron chi connectivity index (χ1n) is 9.05. The fourth-order valence-corrected chi connectivity index (χ4v) is 2.73. The summed E-state index contributed by atoms with van der Waals surface area (Å²) >= 11 is 0. The SMILES string of the molecule is COc1ccc(C=NNC2=NC(CC(=O)Nc3c(F)cccc3F)C(=O)N2)cc1OC. The lowest BCUT2D eigenvalue weighted by Crippen LogP contribution is -2.35. The van der Waals surface area contributed by atoms with E-state index in [2.05, 4.69) is 26.2 Å². The molecule has 1 unspecified atom stereocenters. The zero-order chi connectivity index (χ0) is 22.4. The van der Waals surface area contributed by atoms with Gasteiger partial charge in [0, 0.05) is 0 Å². The van der Waals surface area contributed by atoms with Crippen molar-refractivity contribution < 1.29 is 27.8 Å². The van der Waals surface area contributed by atoms with Gasteiger partial charge in [0.05, 0.1) is 26.9 Å². The fourth-order valence-electron chi connectivity index (χ4n) is 2.73. The van der Waals surface area contributed by atoms with Gasteiger partial charge in [-0.1, -0.05) is 6.07 Å². The Balaban J connectivity index is 1.59. The summed E-state index contributed by atoms with van der Waals surface area (Å²) in [5.74, 6) is -2.02. The minimum atomic E-state index is -1.06. The monoisotopic (exact) mass is 431 g/mol. The Bertz CT molecular complexity index is 1040. The number of aliphatic imine (C=N–C) groups is 1. The number of rotatable bonds is 7. The van der Waals surface area contributed by atoms with E-state index in [-0.39, 0.29) is 5.96 Å². The average molecular weight is 431 g/mol. The van der Waals surface area contributed by atoms with Crippen LogP contribution in [0.3, 0.4) is 0 Å². The first kappa shape index (κ1) is 21.7. The van der Waals surface area contributed by atoms with Gasteiger partial charge in [-0.2, -0.15) is 5.10 Å². The number of carbonyl (C=O) groups is 2. The standard InChI is InChI=1S/C20H19F2N5O4/c1-30-15-7-6-11(8-16(15)31-2)10-23-27-20-24-14(19(29)26-20)9-17(28)25-18-12(21)4-3-5-13(18)22/h3-8,10,14H,9H2,1-2H3,(H,25,28)(H2,24,26,27,29). The van der Waals surface area contributed by atoms with E-state index in [1.165, 1.54) is 26.5 Å². The molecule has 1 aliphatic heterocycles. The molecule has 31 heavy (non-hydrogen) atoms. The van der Waals surface area contributed by atoms with Crippen molar-refractivity contribution in [1.82, 2.24) is 10.7 Å². The van der Waals surface area contributed by atoms with E-state index in [1.807, 2.05) is 0 Å². The highest BCUT2D eigenvalue weighted by Crippen LogP contribution is 2.26. The lowest BCUT2D eigenvalue weighted by molar-refractivity contribution is -0.123. The van der Waals surface area contributed by atoms with E-state index in [9.17, 15) is 18.4 Å². The number of nitrogens with one attached hydrogen (secondary N) is 3. The second-order valence-corrected chi connectivity index (χ2v) is 6.32. The molecule has 2 amide bonds. The summed E-state index contributed by atoms with van der Waals surface area (Å²) < 4.78 is 37.6. The van der Waals surface area contributed by atoms with Gasteiger partial charge in [-0.3, -0.25) is 14.9 Å². The number of carbonyl (C=O) groups excluding carboxylic acids is 2. The molecule has 2 aromatic rings. The number of para-hydroxylation sites is 1. The maximum Gasteiger partial charge on any atom is 0.252 e. The number of guanidine groups is 1. The van der Waals surface area contributed by atoms with Crippen molar-refractivity contribution in [2.75, 3.05) is 19.5 Å². The van der Waals surface area contributed by atoms with Gasteiger partial charge in [-0.25, -0.2) is 19.2 Å². The zero-order valence-corrected chi connectivity index (χ0v) is 16.6. The van der Waals surface area contributed by atoms with Crippen molar-refractivity contribution in [1.29, 1.82) is 0 Å². The minimum Gasteiger partial charge on any atom is -0.493 e. The molecular weight excluding hydrogens is 412 g/mol. The number of amides is 2. The lowest BCUT2D eigenvalue weighted by Gasteiger charge is -2.08. The third kappa shape index (κ3) is 5.32. The number of hydrazone groups is 1. The second-order valence-electron chi connectivity index (χ2n) is 6.32. The summed E-state index contributed by atoms with van der Waals surface area (Å²) in [5, 5.41) is 8.53. The van der Waals surface area contributed by atoms with Crippen molar-refractivity contribution in [3.05, 3.63) is 53.6 Å². The van der Waals surface area contributed by atoms with E-state index < -0.39 is 41.6 Å². The minimum absolute atomic E-state index is 0.0385. The van der Waals surface area contributed by atoms with Crippen molar-refractivity contribution >= 4 is 29.7 Å². The first-order chi connectivity index (χ1) is 14.9. The van der Waals surface area contributed by atoms with Gasteiger partial charge in [0.15, 0.2) is 11.5 Å². The topological polar surface area (TPSA) is 113 Å². The molecule has 0 aliphatic carbocycles. The predicted molar refractivity (Wildman–Crippen MR) is 109 cm³/mol. The smallest absolute Gasteiger partial charge is 0.252 e. The summed E-state index contributed by atoms with van der Waals surface area (Å²) in [5.41, 5.74) is 2.68. The number of halogens is 2. The van der Waals surface area contributed by atoms with Gasteiger partial charge in [0.1, 0.15) is 23.4 Å². The normalized spacial score (nSPS) is 15.4. The van der Waals surface area contributed by atoms with Crippen molar-refractivity contribution in [2.45, 2.75) is 12.5 Å². The molecule has 1 aliphatic rings. The zero-order valence-electron chi connectivity index (χ0n) is 16.6. The quantitative estimate of drug-likeness (QED) is 0.457.